The van der Waals surface area contributed by atoms with Gasteiger partial charge in [0.1, 0.15) is 0 Å². The van der Waals surface area contributed by atoms with Crippen LogP contribution < -0.4 is 29.8 Å². The van der Waals surface area contributed by atoms with Gasteiger partial charge in [0, 0.05) is 102 Å². The van der Waals surface area contributed by atoms with Crippen LogP contribution in [0.3, 0.4) is 0 Å². The molecule has 15 heteroatoms. The first-order chi connectivity index (χ1) is 24.0. The Morgan fingerprint density at radius 3 is 1.36 bits per heavy atom. The van der Waals surface area contributed by atoms with E-state index in [1.54, 1.807) is 12.1 Å². The van der Waals surface area contributed by atoms with E-state index in [4.69, 9.17) is 0 Å². The van der Waals surface area contributed by atoms with Gasteiger partial charge in [-0.25, -0.2) is 8.42 Å². The Balaban J connectivity index is 0.000000187. The third kappa shape index (κ3) is 9.37. The summed E-state index contributed by atoms with van der Waals surface area (Å²) in [5.74, 6) is 5.09. The Morgan fingerprint density at radius 1 is 0.620 bits per heavy atom. The van der Waals surface area contributed by atoms with Gasteiger partial charge in [-0.2, -0.15) is 18.7 Å². The standard InChI is InChI=1S/C21H31N5O2S2.C14H25N5S/c1-24(2)20-22-21(29-23-20)26-14-10-17(11-15-26)16-8-12-25(13-9-16)18-4-6-19(7-5-18)30(3,27)28;1-18(2)13-16-14(20-17-13)19-9-5-12(6-10-19)11-3-7-15-8-4-11/h4-7,16-17H,8-15H2,1-3H3;11-12,15H,3-10H2,1-2H3. The lowest BCUT2D eigenvalue weighted by atomic mass is 9.79. The maximum Gasteiger partial charge on any atom is 0.238 e. The normalized spacial score (nSPS) is 20.5. The zero-order valence-corrected chi connectivity index (χ0v) is 32.9. The lowest BCUT2D eigenvalue weighted by Crippen LogP contribution is -2.41. The molecular weight excluding hydrogens is 689 g/mol. The molecule has 0 spiro atoms. The number of nitrogens with zero attached hydrogens (tertiary/aromatic N) is 9. The van der Waals surface area contributed by atoms with Crippen LogP contribution >= 0.6 is 23.1 Å². The van der Waals surface area contributed by atoms with Gasteiger partial charge >= 0.3 is 0 Å². The minimum atomic E-state index is -3.13. The van der Waals surface area contributed by atoms with Crippen molar-refractivity contribution in [1.82, 2.24) is 24.0 Å². The zero-order chi connectivity index (χ0) is 35.3. The molecule has 4 aliphatic rings. The molecule has 2 aromatic heterocycles. The number of sulfone groups is 1. The van der Waals surface area contributed by atoms with Crippen LogP contribution in [0.2, 0.25) is 0 Å². The predicted molar refractivity (Wildman–Crippen MR) is 208 cm³/mol. The molecule has 0 saturated carbocycles. The number of nitrogens with one attached hydrogen (secondary N) is 1. The van der Waals surface area contributed by atoms with Gasteiger partial charge in [0.25, 0.3) is 0 Å². The Bertz CT molecular complexity index is 1580. The molecule has 1 N–H and O–H groups in total. The van der Waals surface area contributed by atoms with E-state index in [9.17, 15) is 8.42 Å². The molecule has 1 aromatic carbocycles. The van der Waals surface area contributed by atoms with Crippen LogP contribution in [-0.4, -0.2) is 114 Å². The topological polar surface area (TPSA) is 114 Å². The molecule has 4 saturated heterocycles. The van der Waals surface area contributed by atoms with E-state index < -0.39 is 9.84 Å². The van der Waals surface area contributed by atoms with Gasteiger partial charge < -0.3 is 29.8 Å². The molecular formula is C35H56N10O2S3. The van der Waals surface area contributed by atoms with E-state index in [1.807, 2.05) is 50.1 Å². The van der Waals surface area contributed by atoms with E-state index in [2.05, 4.69) is 38.7 Å². The van der Waals surface area contributed by atoms with Gasteiger partial charge in [-0.1, -0.05) is 0 Å². The SMILES string of the molecule is CN(C)c1nsc(N2CCC(C3CCN(c4ccc(S(C)(=O)=O)cc4)CC3)CC2)n1.CN(C)c1nsc(N2CCC(C3CCNCC3)CC2)n1. The van der Waals surface area contributed by atoms with Crippen molar-refractivity contribution < 1.29 is 8.42 Å². The second kappa shape index (κ2) is 16.7. The predicted octanol–water partition coefficient (Wildman–Crippen LogP) is 4.96. The summed E-state index contributed by atoms with van der Waals surface area (Å²) >= 11 is 3.03. The zero-order valence-electron chi connectivity index (χ0n) is 30.5. The fourth-order valence-electron chi connectivity index (χ4n) is 8.01. The van der Waals surface area contributed by atoms with Crippen molar-refractivity contribution >= 4 is 60.7 Å². The molecule has 0 aliphatic carbocycles. The summed E-state index contributed by atoms with van der Waals surface area (Å²) < 4.78 is 32.2. The van der Waals surface area contributed by atoms with Crippen molar-refractivity contribution in [3.63, 3.8) is 0 Å². The molecule has 0 atom stereocenters. The van der Waals surface area contributed by atoms with E-state index in [0.29, 0.717) is 4.90 Å². The average molecular weight is 745 g/mol. The van der Waals surface area contributed by atoms with Crippen molar-refractivity contribution in [3.8, 4) is 0 Å². The quantitative estimate of drug-likeness (QED) is 0.337. The minimum Gasteiger partial charge on any atom is -0.372 e. The summed E-state index contributed by atoms with van der Waals surface area (Å²) in [6.45, 7) is 8.96. The molecule has 4 fully saturated rings. The molecule has 12 nitrogen and oxygen atoms in total. The molecule has 0 unspecified atom stereocenters. The monoisotopic (exact) mass is 744 g/mol. The van der Waals surface area contributed by atoms with Gasteiger partial charge in [0.15, 0.2) is 9.84 Å². The Labute approximate surface area is 307 Å². The van der Waals surface area contributed by atoms with Crippen LogP contribution in [0.15, 0.2) is 29.2 Å². The highest BCUT2D eigenvalue weighted by Crippen LogP contribution is 2.36. The van der Waals surface area contributed by atoms with Crippen molar-refractivity contribution in [2.45, 2.75) is 56.3 Å². The first kappa shape index (κ1) is 37.0. The maximum atomic E-state index is 11.7. The molecule has 6 heterocycles. The Hall–Kier alpha value is -2.75. The van der Waals surface area contributed by atoms with Crippen molar-refractivity contribution in [2.75, 3.05) is 111 Å². The van der Waals surface area contributed by atoms with Crippen LogP contribution in [0.5, 0.6) is 0 Å². The van der Waals surface area contributed by atoms with Crippen molar-refractivity contribution in [1.29, 1.82) is 0 Å². The molecule has 4 aliphatic heterocycles. The van der Waals surface area contributed by atoms with Gasteiger partial charge in [-0.3, -0.25) is 0 Å². The van der Waals surface area contributed by atoms with Gasteiger partial charge in [0.05, 0.1) is 4.90 Å². The van der Waals surface area contributed by atoms with E-state index >= 15 is 0 Å². The largest absolute Gasteiger partial charge is 0.372 e. The fourth-order valence-corrected chi connectivity index (χ4v) is 10.2. The third-order valence-electron chi connectivity index (χ3n) is 11.1. The molecule has 276 valence electrons. The molecule has 7 rings (SSSR count). The second-order valence-electron chi connectivity index (χ2n) is 14.9. The van der Waals surface area contributed by atoms with Gasteiger partial charge in [0.2, 0.25) is 22.2 Å². The molecule has 0 amide bonds. The minimum absolute atomic E-state index is 0.390. The van der Waals surface area contributed by atoms with Crippen LogP contribution in [0.25, 0.3) is 0 Å². The van der Waals surface area contributed by atoms with Crippen LogP contribution in [0, 0.1) is 23.7 Å². The number of anilines is 5. The summed E-state index contributed by atoms with van der Waals surface area (Å²) in [7, 11) is 4.81. The summed E-state index contributed by atoms with van der Waals surface area (Å²) in [4.78, 5) is 20.8. The smallest absolute Gasteiger partial charge is 0.238 e. The first-order valence-electron chi connectivity index (χ1n) is 18.3. The molecule has 0 radical (unpaired) electrons. The number of benzene rings is 1. The molecule has 0 bridgehead atoms. The highest BCUT2D eigenvalue weighted by atomic mass is 32.2. The van der Waals surface area contributed by atoms with E-state index in [0.717, 1.165) is 90.8 Å². The Kier molecular flexibility index (Phi) is 12.4. The van der Waals surface area contributed by atoms with E-state index in [1.165, 1.54) is 93.8 Å². The molecule has 50 heavy (non-hydrogen) atoms. The van der Waals surface area contributed by atoms with E-state index in [-0.39, 0.29) is 0 Å². The average Bonchev–Trinajstić information content (AvgIpc) is 3.84. The Morgan fingerprint density at radius 2 is 1.00 bits per heavy atom. The highest BCUT2D eigenvalue weighted by Gasteiger charge is 2.31. The van der Waals surface area contributed by atoms with Crippen molar-refractivity contribution in [3.05, 3.63) is 24.3 Å². The lowest BCUT2D eigenvalue weighted by Gasteiger charge is -2.40. The number of piperidine rings is 4. The van der Waals surface area contributed by atoms with Crippen LogP contribution in [0.1, 0.15) is 51.4 Å². The van der Waals surface area contributed by atoms with Gasteiger partial charge in [-0.05, 0) is 112 Å². The van der Waals surface area contributed by atoms with Gasteiger partial charge in [-0.15, -0.1) is 0 Å². The number of hydrogen-bond donors (Lipinski definition) is 1. The first-order valence-corrected chi connectivity index (χ1v) is 21.8. The summed E-state index contributed by atoms with van der Waals surface area (Å²) in [6.07, 6.45) is 11.5. The van der Waals surface area contributed by atoms with Crippen LogP contribution in [-0.2, 0) is 9.84 Å². The highest BCUT2D eigenvalue weighted by molar-refractivity contribution is 7.90. The van der Waals surface area contributed by atoms with Crippen LogP contribution in [0.4, 0.5) is 27.8 Å². The number of hydrogen-bond acceptors (Lipinski definition) is 14. The third-order valence-corrected chi connectivity index (χ3v) is 13.8. The number of aromatic nitrogens is 4. The molecule has 3 aromatic rings. The fraction of sp³-hybridized carbons (Fsp3) is 0.714. The maximum absolute atomic E-state index is 11.7. The summed E-state index contributed by atoms with van der Waals surface area (Å²) in [5, 5.41) is 5.61. The lowest BCUT2D eigenvalue weighted by molar-refractivity contribution is 0.222. The second-order valence-corrected chi connectivity index (χ2v) is 18.3. The summed E-state index contributed by atoms with van der Waals surface area (Å²) in [5.41, 5.74) is 1.13. The number of rotatable bonds is 8. The van der Waals surface area contributed by atoms with Crippen molar-refractivity contribution in [2.24, 2.45) is 23.7 Å². The summed E-state index contributed by atoms with van der Waals surface area (Å²) in [6, 6.07) is 7.34.